The summed E-state index contributed by atoms with van der Waals surface area (Å²) in [5.41, 5.74) is 0. The van der Waals surface area contributed by atoms with Crippen LogP contribution >= 0.6 is 25.3 Å². The number of hydrogen-bond acceptors (Lipinski definition) is 4. The van der Waals surface area contributed by atoms with Gasteiger partial charge in [-0.25, -0.2) is 0 Å². The lowest BCUT2D eigenvalue weighted by molar-refractivity contribution is -0.220. The molecule has 0 atom stereocenters. The van der Waals surface area contributed by atoms with Gasteiger partial charge in [0.1, 0.15) is 0 Å². The third kappa shape index (κ3) is 5.30. The van der Waals surface area contributed by atoms with E-state index in [9.17, 15) is 0 Å². The highest BCUT2D eigenvalue weighted by Crippen LogP contribution is 2.16. The summed E-state index contributed by atoms with van der Waals surface area (Å²) in [6.45, 7) is 5.23. The zero-order valence-electron chi connectivity index (χ0n) is 7.75. The molecule has 0 heterocycles. The zero-order chi connectivity index (χ0) is 9.45. The molecule has 0 saturated carbocycles. The first-order valence-electron chi connectivity index (χ1n) is 4.18. The number of ether oxygens (including phenoxy) is 2. The highest BCUT2D eigenvalue weighted by atomic mass is 32.1. The van der Waals surface area contributed by atoms with Crippen LogP contribution in [0.4, 0.5) is 0 Å². The Bertz CT molecular complexity index is 101. The quantitative estimate of drug-likeness (QED) is 0.495. The van der Waals surface area contributed by atoms with Gasteiger partial charge in [-0.05, 0) is 13.3 Å². The Morgan fingerprint density at radius 3 is 1.75 bits per heavy atom. The summed E-state index contributed by atoms with van der Waals surface area (Å²) in [5.74, 6) is 0.991. The van der Waals surface area contributed by atoms with Gasteiger partial charge in [-0.3, -0.25) is 0 Å². The summed E-state index contributed by atoms with van der Waals surface area (Å²) in [4.78, 5) is 0. The van der Waals surface area contributed by atoms with Crippen molar-refractivity contribution >= 4 is 25.3 Å². The minimum Gasteiger partial charge on any atom is -0.349 e. The second-order valence-electron chi connectivity index (χ2n) is 2.63. The fourth-order valence-corrected chi connectivity index (χ4v) is 0.951. The van der Waals surface area contributed by atoms with Gasteiger partial charge in [-0.2, -0.15) is 25.3 Å². The van der Waals surface area contributed by atoms with Crippen LogP contribution in [0.3, 0.4) is 0 Å². The van der Waals surface area contributed by atoms with Crippen molar-refractivity contribution in [1.82, 2.24) is 0 Å². The van der Waals surface area contributed by atoms with Crippen molar-refractivity contribution in [3.8, 4) is 0 Å². The molecule has 0 aliphatic heterocycles. The molecular weight excluding hydrogens is 192 g/mol. The summed E-state index contributed by atoms with van der Waals surface area (Å²) in [6.07, 6.45) is 0.842. The van der Waals surface area contributed by atoms with Gasteiger partial charge in [0.2, 0.25) is 0 Å². The monoisotopic (exact) mass is 210 g/mol. The molecule has 4 heteroatoms. The van der Waals surface area contributed by atoms with E-state index in [-0.39, 0.29) is 0 Å². The smallest absolute Gasteiger partial charge is 0.165 e. The maximum absolute atomic E-state index is 5.50. The van der Waals surface area contributed by atoms with Crippen LogP contribution in [0.5, 0.6) is 0 Å². The maximum Gasteiger partial charge on any atom is 0.165 e. The average Bonchev–Trinajstić information content (AvgIpc) is 2.11. The first kappa shape index (κ1) is 12.6. The number of hydrogen-bond donors (Lipinski definition) is 2. The van der Waals surface area contributed by atoms with Crippen LogP contribution in [0, 0.1) is 0 Å². The molecule has 0 aromatic carbocycles. The minimum absolute atomic E-state index is 0.453. The van der Waals surface area contributed by atoms with E-state index in [4.69, 9.17) is 9.47 Å². The number of thiol groups is 2. The van der Waals surface area contributed by atoms with Gasteiger partial charge in [0.15, 0.2) is 5.79 Å². The molecule has 0 radical (unpaired) electrons. The molecule has 0 saturated heterocycles. The van der Waals surface area contributed by atoms with Gasteiger partial charge in [0.25, 0.3) is 0 Å². The third-order valence-electron chi connectivity index (χ3n) is 1.64. The standard InChI is InChI=1S/C8H18O2S2/c1-3-8(2,9-4-6-11)10-5-7-12/h11-12H,3-7H2,1-2H3. The Kier molecular flexibility index (Phi) is 7.43. The van der Waals surface area contributed by atoms with Crippen molar-refractivity contribution in [1.29, 1.82) is 0 Å². The van der Waals surface area contributed by atoms with Crippen molar-refractivity contribution in [2.45, 2.75) is 26.1 Å². The SMILES string of the molecule is CCC(C)(OCCS)OCCS. The summed E-state index contributed by atoms with van der Waals surface area (Å²) in [6, 6.07) is 0. The van der Waals surface area contributed by atoms with E-state index in [0.717, 1.165) is 17.9 Å². The first-order chi connectivity index (χ1) is 5.68. The predicted octanol–water partition coefficient (Wildman–Crippen LogP) is 2.01. The highest BCUT2D eigenvalue weighted by molar-refractivity contribution is 7.80. The van der Waals surface area contributed by atoms with Crippen molar-refractivity contribution in [2.24, 2.45) is 0 Å². The van der Waals surface area contributed by atoms with Crippen LogP contribution in [0.1, 0.15) is 20.3 Å². The third-order valence-corrected chi connectivity index (χ3v) is 2.00. The molecule has 0 rings (SSSR count). The molecule has 0 bridgehead atoms. The molecular formula is C8H18O2S2. The van der Waals surface area contributed by atoms with Crippen LogP contribution in [-0.4, -0.2) is 30.5 Å². The van der Waals surface area contributed by atoms with E-state index in [1.54, 1.807) is 0 Å². The average molecular weight is 210 g/mol. The van der Waals surface area contributed by atoms with Gasteiger partial charge in [0, 0.05) is 11.5 Å². The molecule has 12 heavy (non-hydrogen) atoms. The van der Waals surface area contributed by atoms with Gasteiger partial charge in [0.05, 0.1) is 13.2 Å². The van der Waals surface area contributed by atoms with Gasteiger partial charge < -0.3 is 9.47 Å². The van der Waals surface area contributed by atoms with Gasteiger partial charge in [-0.1, -0.05) is 6.92 Å². The van der Waals surface area contributed by atoms with E-state index >= 15 is 0 Å². The highest BCUT2D eigenvalue weighted by Gasteiger charge is 2.22. The summed E-state index contributed by atoms with van der Waals surface area (Å²) < 4.78 is 11.0. The molecule has 0 aromatic rings. The Morgan fingerprint density at radius 1 is 1.08 bits per heavy atom. The summed E-state index contributed by atoms with van der Waals surface area (Å²) >= 11 is 8.13. The topological polar surface area (TPSA) is 18.5 Å². The van der Waals surface area contributed by atoms with Gasteiger partial charge in [-0.15, -0.1) is 0 Å². The molecule has 0 aliphatic carbocycles. The van der Waals surface area contributed by atoms with Crippen LogP contribution < -0.4 is 0 Å². The Balaban J connectivity index is 3.70. The maximum atomic E-state index is 5.50. The molecule has 0 N–H and O–H groups in total. The van der Waals surface area contributed by atoms with Crippen LogP contribution in [-0.2, 0) is 9.47 Å². The second kappa shape index (κ2) is 7.06. The molecule has 0 spiro atoms. The van der Waals surface area contributed by atoms with Crippen molar-refractivity contribution in [3.05, 3.63) is 0 Å². The summed E-state index contributed by atoms with van der Waals surface area (Å²) in [5, 5.41) is 0. The van der Waals surface area contributed by atoms with Crippen molar-refractivity contribution < 1.29 is 9.47 Å². The number of rotatable bonds is 7. The lowest BCUT2D eigenvalue weighted by Gasteiger charge is -2.28. The fourth-order valence-electron chi connectivity index (χ4n) is 0.769. The molecule has 2 nitrogen and oxygen atoms in total. The van der Waals surface area contributed by atoms with Crippen molar-refractivity contribution in [3.63, 3.8) is 0 Å². The normalized spacial score (nSPS) is 12.0. The lowest BCUT2D eigenvalue weighted by Crippen LogP contribution is -2.33. The Hall–Kier alpha value is 0.620. The zero-order valence-corrected chi connectivity index (χ0v) is 9.54. The fraction of sp³-hybridized carbons (Fsp3) is 1.00. The summed E-state index contributed by atoms with van der Waals surface area (Å²) in [7, 11) is 0. The van der Waals surface area contributed by atoms with Crippen LogP contribution in [0.2, 0.25) is 0 Å². The predicted molar refractivity (Wildman–Crippen MR) is 58.3 cm³/mol. The minimum atomic E-state index is -0.453. The van der Waals surface area contributed by atoms with Crippen LogP contribution in [0.25, 0.3) is 0 Å². The first-order valence-corrected chi connectivity index (χ1v) is 5.44. The van der Waals surface area contributed by atoms with E-state index in [0.29, 0.717) is 13.2 Å². The van der Waals surface area contributed by atoms with E-state index in [2.05, 4.69) is 25.3 Å². The Labute approximate surface area is 85.8 Å². The lowest BCUT2D eigenvalue weighted by atomic mass is 10.2. The largest absolute Gasteiger partial charge is 0.349 e. The molecule has 0 unspecified atom stereocenters. The van der Waals surface area contributed by atoms with Crippen LogP contribution in [0.15, 0.2) is 0 Å². The molecule has 0 aliphatic rings. The second-order valence-corrected chi connectivity index (χ2v) is 3.53. The van der Waals surface area contributed by atoms with E-state index < -0.39 is 5.79 Å². The van der Waals surface area contributed by atoms with E-state index in [1.165, 1.54) is 0 Å². The molecule has 0 fully saturated rings. The van der Waals surface area contributed by atoms with Crippen molar-refractivity contribution in [2.75, 3.05) is 24.7 Å². The van der Waals surface area contributed by atoms with Gasteiger partial charge >= 0.3 is 0 Å². The molecule has 74 valence electrons. The molecule has 0 amide bonds. The van der Waals surface area contributed by atoms with E-state index in [1.807, 2.05) is 13.8 Å². The Morgan fingerprint density at radius 2 is 1.50 bits per heavy atom. The molecule has 0 aromatic heterocycles.